The third-order valence-corrected chi connectivity index (χ3v) is 2.12. The van der Waals surface area contributed by atoms with Gasteiger partial charge in [0.1, 0.15) is 0 Å². The van der Waals surface area contributed by atoms with Crippen molar-refractivity contribution in [2.45, 2.75) is 26.2 Å². The first-order valence-corrected chi connectivity index (χ1v) is 4.50. The highest BCUT2D eigenvalue weighted by Crippen LogP contribution is 2.09. The predicted molar refractivity (Wildman–Crippen MR) is 54.8 cm³/mol. The average Bonchev–Trinajstić information content (AvgIpc) is 2.09. The van der Waals surface area contributed by atoms with Gasteiger partial charge in [-0.2, -0.15) is 0 Å². The summed E-state index contributed by atoms with van der Waals surface area (Å²) < 4.78 is 0. The van der Waals surface area contributed by atoms with Gasteiger partial charge in [0.2, 0.25) is 0 Å². The van der Waals surface area contributed by atoms with Crippen LogP contribution in [0, 0.1) is 6.92 Å². The van der Waals surface area contributed by atoms with Crippen LogP contribution < -0.4 is 0 Å². The van der Waals surface area contributed by atoms with Gasteiger partial charge in [-0.25, -0.2) is 0 Å². The van der Waals surface area contributed by atoms with Crippen LogP contribution in [0.5, 0.6) is 0 Å². The molecule has 1 rings (SSSR count). The summed E-state index contributed by atoms with van der Waals surface area (Å²) in [5.41, 5.74) is 2.77. The highest BCUT2D eigenvalue weighted by Gasteiger charge is 1.95. The number of unbranched alkanes of at least 4 members (excludes halogenated alkanes) is 1. The van der Waals surface area contributed by atoms with Gasteiger partial charge < -0.3 is 10.6 Å². The van der Waals surface area contributed by atoms with Gasteiger partial charge in [-0.05, 0) is 37.3 Å². The molecule has 1 aromatic rings. The van der Waals surface area contributed by atoms with Crippen LogP contribution >= 0.6 is 0 Å². The van der Waals surface area contributed by atoms with Gasteiger partial charge in [-0.3, -0.25) is 0 Å². The van der Waals surface area contributed by atoms with Crippen molar-refractivity contribution in [3.05, 3.63) is 35.4 Å². The molecule has 13 heavy (non-hydrogen) atoms. The van der Waals surface area contributed by atoms with Crippen LogP contribution in [0.15, 0.2) is 24.3 Å². The summed E-state index contributed by atoms with van der Waals surface area (Å²) in [6.07, 6.45) is 3.09. The molecule has 0 saturated carbocycles. The average molecular weight is 182 g/mol. The first-order chi connectivity index (χ1) is 5.84. The van der Waals surface area contributed by atoms with Crippen LogP contribution in [0.4, 0.5) is 0 Å². The molecule has 2 heteroatoms. The fourth-order valence-corrected chi connectivity index (χ4v) is 1.32. The maximum Gasteiger partial charge on any atom is 0.0431 e. The minimum atomic E-state index is 0. The Labute approximate surface area is 79.5 Å². The summed E-state index contributed by atoms with van der Waals surface area (Å²) in [5.74, 6) is 0. The summed E-state index contributed by atoms with van der Waals surface area (Å²) in [4.78, 5) is 0. The summed E-state index contributed by atoms with van der Waals surface area (Å²) in [6, 6.07) is 8.42. The molecule has 0 fully saturated rings. The van der Waals surface area contributed by atoms with E-state index in [1.165, 1.54) is 11.1 Å². The van der Waals surface area contributed by atoms with E-state index < -0.39 is 0 Å². The molecule has 0 aliphatic heterocycles. The summed E-state index contributed by atoms with van der Waals surface area (Å²) in [7, 11) is 0. The Hall–Kier alpha value is -0.860. The zero-order valence-corrected chi connectivity index (χ0v) is 8.09. The van der Waals surface area contributed by atoms with E-state index in [2.05, 4.69) is 31.2 Å². The van der Waals surface area contributed by atoms with Crippen LogP contribution in [0.3, 0.4) is 0 Å². The van der Waals surface area contributed by atoms with Crippen molar-refractivity contribution in [2.75, 3.05) is 6.61 Å². The molecule has 0 saturated heterocycles. The monoisotopic (exact) mass is 182 g/mol. The van der Waals surface area contributed by atoms with Gasteiger partial charge in [-0.1, -0.05) is 24.3 Å². The zero-order chi connectivity index (χ0) is 8.81. The molecular formula is C11H18O2. The number of benzene rings is 1. The van der Waals surface area contributed by atoms with Gasteiger partial charge >= 0.3 is 0 Å². The Morgan fingerprint density at radius 2 is 1.85 bits per heavy atom. The van der Waals surface area contributed by atoms with Gasteiger partial charge in [0.15, 0.2) is 0 Å². The molecule has 0 bridgehead atoms. The third-order valence-electron chi connectivity index (χ3n) is 2.12. The summed E-state index contributed by atoms with van der Waals surface area (Å²) >= 11 is 0. The van der Waals surface area contributed by atoms with E-state index in [0.29, 0.717) is 6.61 Å². The van der Waals surface area contributed by atoms with Crippen molar-refractivity contribution < 1.29 is 10.6 Å². The lowest BCUT2D eigenvalue weighted by molar-refractivity contribution is 0.284. The molecule has 0 radical (unpaired) electrons. The smallest absolute Gasteiger partial charge is 0.0431 e. The molecule has 0 aliphatic carbocycles. The van der Waals surface area contributed by atoms with Crippen LogP contribution in [0.2, 0.25) is 0 Å². The van der Waals surface area contributed by atoms with E-state index in [4.69, 9.17) is 5.11 Å². The molecule has 0 unspecified atom stereocenters. The lowest BCUT2D eigenvalue weighted by atomic mass is 10.0. The maximum atomic E-state index is 8.61. The van der Waals surface area contributed by atoms with Crippen LogP contribution in [0.25, 0.3) is 0 Å². The van der Waals surface area contributed by atoms with Crippen LogP contribution in [-0.2, 0) is 6.42 Å². The van der Waals surface area contributed by atoms with Crippen molar-refractivity contribution in [1.82, 2.24) is 0 Å². The fourth-order valence-electron chi connectivity index (χ4n) is 1.32. The topological polar surface area (TPSA) is 51.7 Å². The second-order valence-electron chi connectivity index (χ2n) is 3.11. The standard InChI is InChI=1S/C11H16O.H2O/c1-10-6-2-3-7-11(10)8-4-5-9-12;/h2-3,6-7,12H,4-5,8-9H2,1H3;1H2. The SMILES string of the molecule is Cc1ccccc1CCCCO.O. The molecule has 74 valence electrons. The number of hydrogen-bond donors (Lipinski definition) is 1. The van der Waals surface area contributed by atoms with Gasteiger partial charge in [0.05, 0.1) is 0 Å². The number of aryl methyl sites for hydroxylation is 2. The molecule has 2 nitrogen and oxygen atoms in total. The van der Waals surface area contributed by atoms with Crippen LogP contribution in [0.1, 0.15) is 24.0 Å². The number of rotatable bonds is 4. The number of aliphatic hydroxyl groups is 1. The molecular weight excluding hydrogens is 164 g/mol. The van der Waals surface area contributed by atoms with Crippen molar-refractivity contribution >= 4 is 0 Å². The summed E-state index contributed by atoms with van der Waals surface area (Å²) in [6.45, 7) is 2.44. The van der Waals surface area contributed by atoms with Gasteiger partial charge in [0.25, 0.3) is 0 Å². The Kier molecular flexibility index (Phi) is 6.20. The largest absolute Gasteiger partial charge is 0.412 e. The van der Waals surface area contributed by atoms with Crippen LogP contribution in [-0.4, -0.2) is 17.2 Å². The lowest BCUT2D eigenvalue weighted by Gasteiger charge is -2.03. The maximum absolute atomic E-state index is 8.61. The predicted octanol–water partition coefficient (Wildman–Crippen LogP) is 1.49. The molecule has 1 aromatic carbocycles. The molecule has 3 N–H and O–H groups in total. The zero-order valence-electron chi connectivity index (χ0n) is 8.09. The first-order valence-electron chi connectivity index (χ1n) is 4.50. The minimum absolute atomic E-state index is 0. The third kappa shape index (κ3) is 4.06. The number of hydrogen-bond acceptors (Lipinski definition) is 1. The Morgan fingerprint density at radius 1 is 1.15 bits per heavy atom. The van der Waals surface area contributed by atoms with Gasteiger partial charge in [0, 0.05) is 6.61 Å². The second kappa shape index (κ2) is 6.63. The Balaban J connectivity index is 0.00000144. The first kappa shape index (κ1) is 12.1. The lowest BCUT2D eigenvalue weighted by Crippen LogP contribution is -1.91. The summed E-state index contributed by atoms with van der Waals surface area (Å²) in [5, 5.41) is 8.61. The van der Waals surface area contributed by atoms with Crippen molar-refractivity contribution in [2.24, 2.45) is 0 Å². The van der Waals surface area contributed by atoms with E-state index in [-0.39, 0.29) is 5.48 Å². The van der Waals surface area contributed by atoms with Gasteiger partial charge in [-0.15, -0.1) is 0 Å². The van der Waals surface area contributed by atoms with Crippen molar-refractivity contribution in [1.29, 1.82) is 0 Å². The van der Waals surface area contributed by atoms with E-state index in [1.807, 2.05) is 0 Å². The molecule has 0 heterocycles. The van der Waals surface area contributed by atoms with Crippen molar-refractivity contribution in [3.8, 4) is 0 Å². The molecule has 0 aliphatic rings. The van der Waals surface area contributed by atoms with E-state index in [0.717, 1.165) is 19.3 Å². The number of aliphatic hydroxyl groups excluding tert-OH is 1. The van der Waals surface area contributed by atoms with E-state index in [1.54, 1.807) is 0 Å². The highest BCUT2D eigenvalue weighted by atomic mass is 16.2. The normalized spacial score (nSPS) is 9.38. The fraction of sp³-hybridized carbons (Fsp3) is 0.455. The Morgan fingerprint density at radius 3 is 2.46 bits per heavy atom. The van der Waals surface area contributed by atoms with E-state index in [9.17, 15) is 0 Å². The molecule has 0 aromatic heterocycles. The quantitative estimate of drug-likeness (QED) is 0.704. The minimum Gasteiger partial charge on any atom is -0.412 e. The van der Waals surface area contributed by atoms with E-state index >= 15 is 0 Å². The van der Waals surface area contributed by atoms with Crippen molar-refractivity contribution in [3.63, 3.8) is 0 Å². The molecule has 0 atom stereocenters. The highest BCUT2D eigenvalue weighted by molar-refractivity contribution is 5.25. The molecule has 0 amide bonds. The second-order valence-corrected chi connectivity index (χ2v) is 3.11. The molecule has 0 spiro atoms. The Bertz CT molecular complexity index is 233.